The van der Waals surface area contributed by atoms with Gasteiger partial charge in [-0.25, -0.2) is 8.42 Å². The second-order valence-corrected chi connectivity index (χ2v) is 8.68. The predicted molar refractivity (Wildman–Crippen MR) is 98.3 cm³/mol. The van der Waals surface area contributed by atoms with Gasteiger partial charge >= 0.3 is 0 Å². The van der Waals surface area contributed by atoms with Gasteiger partial charge in [-0.2, -0.15) is 4.31 Å². The van der Waals surface area contributed by atoms with Crippen LogP contribution in [-0.4, -0.2) is 37.8 Å². The van der Waals surface area contributed by atoms with Crippen molar-refractivity contribution < 1.29 is 13.2 Å². The zero-order valence-corrected chi connectivity index (χ0v) is 15.9. The Morgan fingerprint density at radius 3 is 2.60 bits per heavy atom. The third kappa shape index (κ3) is 5.03. The van der Waals surface area contributed by atoms with Crippen LogP contribution in [0.5, 0.6) is 0 Å². The van der Waals surface area contributed by atoms with E-state index >= 15 is 0 Å². The second kappa shape index (κ2) is 8.78. The van der Waals surface area contributed by atoms with E-state index in [2.05, 4.69) is 5.32 Å². The summed E-state index contributed by atoms with van der Waals surface area (Å²) in [7, 11) is -3.46. The smallest absolute Gasteiger partial charge is 0.243 e. The predicted octanol–water partition coefficient (Wildman–Crippen LogP) is 1.85. The first-order valence-electron chi connectivity index (χ1n) is 8.98. The van der Waals surface area contributed by atoms with Crippen LogP contribution in [0, 0.1) is 5.92 Å². The van der Waals surface area contributed by atoms with Crippen molar-refractivity contribution >= 4 is 15.9 Å². The first kappa shape index (κ1) is 19.9. The Morgan fingerprint density at radius 1 is 1.28 bits per heavy atom. The van der Waals surface area contributed by atoms with Crippen molar-refractivity contribution in [3.8, 4) is 0 Å². The first-order chi connectivity index (χ1) is 11.9. The molecule has 2 unspecified atom stereocenters. The number of amides is 1. The summed E-state index contributed by atoms with van der Waals surface area (Å²) >= 11 is 0. The van der Waals surface area contributed by atoms with E-state index in [4.69, 9.17) is 5.73 Å². The molecule has 140 valence electrons. The van der Waals surface area contributed by atoms with Crippen molar-refractivity contribution in [2.45, 2.75) is 57.0 Å². The average molecular weight is 368 g/mol. The second-order valence-electron chi connectivity index (χ2n) is 6.74. The van der Waals surface area contributed by atoms with E-state index in [1.165, 1.54) is 0 Å². The third-order valence-electron chi connectivity index (χ3n) is 4.88. The van der Waals surface area contributed by atoms with E-state index in [9.17, 15) is 13.2 Å². The van der Waals surface area contributed by atoms with E-state index in [1.54, 1.807) is 22.5 Å². The molecule has 0 bridgehead atoms. The van der Waals surface area contributed by atoms with E-state index < -0.39 is 16.1 Å². The van der Waals surface area contributed by atoms with Gasteiger partial charge in [-0.15, -0.1) is 0 Å². The molecule has 25 heavy (non-hydrogen) atoms. The lowest BCUT2D eigenvalue weighted by Gasteiger charge is -2.26. The van der Waals surface area contributed by atoms with Crippen LogP contribution in [0.1, 0.15) is 45.1 Å². The fraction of sp³-hybridized carbons (Fsp3) is 0.611. The summed E-state index contributed by atoms with van der Waals surface area (Å²) in [5.41, 5.74) is 6.67. The summed E-state index contributed by atoms with van der Waals surface area (Å²) in [6, 6.07) is 6.22. The monoisotopic (exact) mass is 367 g/mol. The van der Waals surface area contributed by atoms with Gasteiger partial charge in [-0.05, 0) is 36.5 Å². The van der Waals surface area contributed by atoms with Gasteiger partial charge in [0.1, 0.15) is 0 Å². The molecular weight excluding hydrogens is 338 g/mol. The van der Waals surface area contributed by atoms with Gasteiger partial charge in [0, 0.05) is 19.6 Å². The zero-order valence-electron chi connectivity index (χ0n) is 15.1. The van der Waals surface area contributed by atoms with Crippen LogP contribution in [0.25, 0.3) is 0 Å². The van der Waals surface area contributed by atoms with Crippen LogP contribution in [-0.2, 0) is 21.4 Å². The molecular formula is C18H29N3O3S. The summed E-state index contributed by atoms with van der Waals surface area (Å²) in [5, 5.41) is 2.80. The maximum atomic E-state index is 12.7. The molecule has 0 radical (unpaired) electrons. The number of rotatable bonds is 7. The molecule has 1 amide bonds. The topological polar surface area (TPSA) is 92.5 Å². The molecule has 0 spiro atoms. The number of sulfonamides is 1. The van der Waals surface area contributed by atoms with Crippen LogP contribution in [0.2, 0.25) is 0 Å². The molecule has 7 heteroatoms. The molecule has 3 N–H and O–H groups in total. The van der Waals surface area contributed by atoms with Crippen molar-refractivity contribution in [3.63, 3.8) is 0 Å². The number of nitrogens with zero attached hydrogens (tertiary/aromatic N) is 1. The summed E-state index contributed by atoms with van der Waals surface area (Å²) in [4.78, 5) is 12.4. The fourth-order valence-electron chi connectivity index (χ4n) is 2.89. The number of nitrogens with two attached hydrogens (primary N) is 1. The number of hydrogen-bond donors (Lipinski definition) is 2. The van der Waals surface area contributed by atoms with Crippen LogP contribution < -0.4 is 11.1 Å². The highest BCUT2D eigenvalue weighted by Gasteiger charge is 2.26. The SMILES string of the molecule is CCC(C)C(N)C(=O)NCc1cccc(S(=O)(=O)N2CCCCC2)c1. The fourth-order valence-corrected chi connectivity index (χ4v) is 4.48. The van der Waals surface area contributed by atoms with Gasteiger partial charge in [-0.3, -0.25) is 4.79 Å². The van der Waals surface area contributed by atoms with E-state index in [-0.39, 0.29) is 23.3 Å². The highest BCUT2D eigenvalue weighted by atomic mass is 32.2. The Bertz CT molecular complexity index is 685. The van der Waals surface area contributed by atoms with Gasteiger partial charge in [0.2, 0.25) is 15.9 Å². The number of nitrogens with one attached hydrogen (secondary N) is 1. The van der Waals surface area contributed by atoms with Crippen LogP contribution in [0.4, 0.5) is 0 Å². The third-order valence-corrected chi connectivity index (χ3v) is 6.77. The van der Waals surface area contributed by atoms with Crippen LogP contribution in [0.15, 0.2) is 29.2 Å². The number of benzene rings is 1. The highest BCUT2D eigenvalue weighted by molar-refractivity contribution is 7.89. The lowest BCUT2D eigenvalue weighted by Crippen LogP contribution is -2.44. The van der Waals surface area contributed by atoms with Crippen molar-refractivity contribution in [1.82, 2.24) is 9.62 Å². The normalized spacial score (nSPS) is 18.5. The molecule has 1 aliphatic rings. The summed E-state index contributed by atoms with van der Waals surface area (Å²) in [5.74, 6) is -0.107. The number of carbonyl (C=O) groups is 1. The molecule has 0 aliphatic carbocycles. The summed E-state index contributed by atoms with van der Waals surface area (Å²) < 4.78 is 27.0. The largest absolute Gasteiger partial charge is 0.351 e. The van der Waals surface area contributed by atoms with Gasteiger partial charge < -0.3 is 11.1 Å². The molecule has 1 saturated heterocycles. The van der Waals surface area contributed by atoms with Crippen molar-refractivity contribution in [2.24, 2.45) is 11.7 Å². The zero-order chi connectivity index (χ0) is 18.4. The van der Waals surface area contributed by atoms with Gasteiger partial charge in [0.15, 0.2) is 0 Å². The standard InChI is InChI=1S/C18H29N3O3S/c1-3-14(2)17(19)18(22)20-13-15-8-7-9-16(12-15)25(23,24)21-10-5-4-6-11-21/h7-9,12,14,17H,3-6,10-11,13,19H2,1-2H3,(H,20,22). The minimum Gasteiger partial charge on any atom is -0.351 e. The Labute approximate surface area is 150 Å². The van der Waals surface area contributed by atoms with Crippen molar-refractivity contribution in [3.05, 3.63) is 29.8 Å². The van der Waals surface area contributed by atoms with Gasteiger partial charge in [-0.1, -0.05) is 38.8 Å². The number of hydrogen-bond acceptors (Lipinski definition) is 4. The lowest BCUT2D eigenvalue weighted by molar-refractivity contribution is -0.123. The summed E-state index contributed by atoms with van der Waals surface area (Å²) in [6.45, 7) is 5.36. The van der Waals surface area contributed by atoms with E-state index in [0.29, 0.717) is 13.1 Å². The molecule has 2 rings (SSSR count). The molecule has 1 aromatic carbocycles. The maximum absolute atomic E-state index is 12.7. The van der Waals surface area contributed by atoms with Crippen LogP contribution in [0.3, 0.4) is 0 Å². The molecule has 6 nitrogen and oxygen atoms in total. The van der Waals surface area contributed by atoms with Crippen molar-refractivity contribution in [1.29, 1.82) is 0 Å². The van der Waals surface area contributed by atoms with Gasteiger partial charge in [0.25, 0.3) is 0 Å². The molecule has 1 heterocycles. The highest BCUT2D eigenvalue weighted by Crippen LogP contribution is 2.21. The molecule has 1 aromatic rings. The molecule has 1 fully saturated rings. The molecule has 0 aromatic heterocycles. The maximum Gasteiger partial charge on any atom is 0.243 e. The number of piperidine rings is 1. The molecule has 2 atom stereocenters. The van der Waals surface area contributed by atoms with Crippen molar-refractivity contribution in [2.75, 3.05) is 13.1 Å². The van der Waals surface area contributed by atoms with Gasteiger partial charge in [0.05, 0.1) is 10.9 Å². The number of carbonyl (C=O) groups excluding carboxylic acids is 1. The van der Waals surface area contributed by atoms with E-state index in [1.807, 2.05) is 19.9 Å². The van der Waals surface area contributed by atoms with Crippen LogP contribution >= 0.6 is 0 Å². The average Bonchev–Trinajstić information content (AvgIpc) is 2.65. The molecule has 1 aliphatic heterocycles. The Hall–Kier alpha value is -1.44. The molecule has 0 saturated carbocycles. The Balaban J connectivity index is 2.05. The quantitative estimate of drug-likeness (QED) is 0.769. The minimum atomic E-state index is -3.46. The first-order valence-corrected chi connectivity index (χ1v) is 10.4. The summed E-state index contributed by atoms with van der Waals surface area (Å²) in [6.07, 6.45) is 3.72. The van der Waals surface area contributed by atoms with E-state index in [0.717, 1.165) is 31.2 Å². The Morgan fingerprint density at radius 2 is 1.96 bits per heavy atom. The lowest BCUT2D eigenvalue weighted by atomic mass is 9.99. The minimum absolute atomic E-state index is 0.103. The Kier molecular flexibility index (Phi) is 6.98.